The van der Waals surface area contributed by atoms with Gasteiger partial charge in [0.2, 0.25) is 0 Å². The Balaban J connectivity index is 2.41. The maximum Gasteiger partial charge on any atom is 0.152 e. The summed E-state index contributed by atoms with van der Waals surface area (Å²) in [5.41, 5.74) is 5.34. The van der Waals surface area contributed by atoms with Crippen LogP contribution in [0.3, 0.4) is 0 Å². The number of nitrogens with two attached hydrogens (primary N) is 1. The average Bonchev–Trinajstić information content (AvgIpc) is 2.50. The van der Waals surface area contributed by atoms with Crippen LogP contribution in [0.25, 0.3) is 0 Å². The van der Waals surface area contributed by atoms with Gasteiger partial charge >= 0.3 is 0 Å². The van der Waals surface area contributed by atoms with Crippen LogP contribution in [0.1, 0.15) is 18.6 Å². The fourth-order valence-electron chi connectivity index (χ4n) is 0.839. The molecule has 0 aliphatic rings. The number of hydrogen-bond acceptors (Lipinski definition) is 4. The lowest BCUT2D eigenvalue weighted by atomic mass is 10.4. The van der Waals surface area contributed by atoms with Crippen molar-refractivity contribution in [1.82, 2.24) is 15.2 Å². The van der Waals surface area contributed by atoms with E-state index in [0.717, 1.165) is 11.6 Å². The van der Waals surface area contributed by atoms with Gasteiger partial charge in [0.05, 0.1) is 0 Å². The highest BCUT2D eigenvalue weighted by molar-refractivity contribution is 4.89. The molecular weight excluding hydrogens is 156 g/mol. The Morgan fingerprint density at radius 2 is 2.42 bits per heavy atom. The zero-order valence-electron chi connectivity index (χ0n) is 7.21. The molecule has 1 aromatic heterocycles. The Morgan fingerprint density at radius 1 is 1.58 bits per heavy atom. The zero-order valence-corrected chi connectivity index (χ0v) is 7.21. The van der Waals surface area contributed by atoms with Crippen LogP contribution in [-0.2, 0) is 17.8 Å². The number of aromatic amines is 1. The molecule has 12 heavy (non-hydrogen) atoms. The maximum absolute atomic E-state index is 5.34. The van der Waals surface area contributed by atoms with Crippen LogP contribution in [0.5, 0.6) is 0 Å². The summed E-state index contributed by atoms with van der Waals surface area (Å²) >= 11 is 0. The zero-order chi connectivity index (χ0) is 8.81. The lowest BCUT2D eigenvalue weighted by Crippen LogP contribution is -2.04. The van der Waals surface area contributed by atoms with E-state index in [1.54, 1.807) is 0 Å². The van der Waals surface area contributed by atoms with E-state index >= 15 is 0 Å². The number of rotatable bonds is 5. The molecule has 0 aromatic carbocycles. The fourth-order valence-corrected chi connectivity index (χ4v) is 0.839. The Hall–Kier alpha value is -0.940. The van der Waals surface area contributed by atoms with Gasteiger partial charge in [0.1, 0.15) is 6.61 Å². The van der Waals surface area contributed by atoms with Gasteiger partial charge < -0.3 is 10.5 Å². The van der Waals surface area contributed by atoms with Crippen LogP contribution in [0.15, 0.2) is 0 Å². The molecule has 0 aliphatic heterocycles. The van der Waals surface area contributed by atoms with Crippen LogP contribution < -0.4 is 5.73 Å². The van der Waals surface area contributed by atoms with Crippen LogP contribution in [0, 0.1) is 0 Å². The molecule has 0 saturated heterocycles. The Labute approximate surface area is 71.3 Å². The number of H-pyrrole nitrogens is 1. The number of ether oxygens (including phenoxy) is 1. The van der Waals surface area contributed by atoms with Gasteiger partial charge in [-0.1, -0.05) is 0 Å². The van der Waals surface area contributed by atoms with Gasteiger partial charge in [-0.2, -0.15) is 5.10 Å². The third kappa shape index (κ3) is 2.60. The van der Waals surface area contributed by atoms with Crippen molar-refractivity contribution in [3.05, 3.63) is 11.6 Å². The van der Waals surface area contributed by atoms with Crippen molar-refractivity contribution in [3.63, 3.8) is 0 Å². The van der Waals surface area contributed by atoms with Crippen molar-refractivity contribution in [1.29, 1.82) is 0 Å². The SMILES string of the molecule is CCOCc1nc(CCN)n[nH]1. The maximum atomic E-state index is 5.34. The molecule has 1 aromatic rings. The molecule has 1 rings (SSSR count). The van der Waals surface area contributed by atoms with E-state index in [1.165, 1.54) is 0 Å². The molecule has 0 fully saturated rings. The van der Waals surface area contributed by atoms with Crippen molar-refractivity contribution in [2.75, 3.05) is 13.2 Å². The molecular formula is C7H14N4O. The van der Waals surface area contributed by atoms with Gasteiger partial charge in [-0.15, -0.1) is 0 Å². The van der Waals surface area contributed by atoms with E-state index in [-0.39, 0.29) is 0 Å². The normalized spacial score (nSPS) is 10.5. The lowest BCUT2D eigenvalue weighted by molar-refractivity contribution is 0.128. The monoisotopic (exact) mass is 170 g/mol. The first-order chi connectivity index (χ1) is 5.86. The van der Waals surface area contributed by atoms with Crippen molar-refractivity contribution >= 4 is 0 Å². The molecule has 3 N–H and O–H groups in total. The number of nitrogens with one attached hydrogen (secondary N) is 1. The lowest BCUT2D eigenvalue weighted by Gasteiger charge is -1.93. The van der Waals surface area contributed by atoms with Crippen LogP contribution in [0.2, 0.25) is 0 Å². The molecule has 0 radical (unpaired) electrons. The minimum atomic E-state index is 0.494. The van der Waals surface area contributed by atoms with E-state index in [2.05, 4.69) is 15.2 Å². The second kappa shape index (κ2) is 4.84. The minimum absolute atomic E-state index is 0.494. The van der Waals surface area contributed by atoms with Gasteiger partial charge in [-0.3, -0.25) is 5.10 Å². The van der Waals surface area contributed by atoms with Gasteiger partial charge in [-0.25, -0.2) is 4.98 Å². The van der Waals surface area contributed by atoms with Crippen molar-refractivity contribution in [3.8, 4) is 0 Å². The Kier molecular flexibility index (Phi) is 3.69. The van der Waals surface area contributed by atoms with Crippen LogP contribution in [0.4, 0.5) is 0 Å². The van der Waals surface area contributed by atoms with E-state index < -0.39 is 0 Å². The molecule has 0 saturated carbocycles. The van der Waals surface area contributed by atoms with Crippen LogP contribution in [-0.4, -0.2) is 28.3 Å². The Morgan fingerprint density at radius 3 is 3.08 bits per heavy atom. The van der Waals surface area contributed by atoms with Gasteiger partial charge in [0.15, 0.2) is 11.6 Å². The summed E-state index contributed by atoms with van der Waals surface area (Å²) in [6, 6.07) is 0. The predicted molar refractivity (Wildman–Crippen MR) is 44.5 cm³/mol. The quantitative estimate of drug-likeness (QED) is 0.644. The number of hydrogen-bond donors (Lipinski definition) is 2. The molecule has 0 atom stereocenters. The molecule has 0 amide bonds. The number of aromatic nitrogens is 3. The predicted octanol–water partition coefficient (Wildman–Crippen LogP) is -0.158. The van der Waals surface area contributed by atoms with Crippen molar-refractivity contribution in [2.45, 2.75) is 20.0 Å². The molecule has 0 unspecified atom stereocenters. The summed E-state index contributed by atoms with van der Waals surface area (Å²) in [5, 5.41) is 6.75. The highest BCUT2D eigenvalue weighted by atomic mass is 16.5. The van der Waals surface area contributed by atoms with Crippen molar-refractivity contribution in [2.24, 2.45) is 5.73 Å². The van der Waals surface area contributed by atoms with E-state index in [9.17, 15) is 0 Å². The second-order valence-corrected chi connectivity index (χ2v) is 2.37. The fraction of sp³-hybridized carbons (Fsp3) is 0.714. The van der Waals surface area contributed by atoms with Crippen LogP contribution >= 0.6 is 0 Å². The molecule has 0 spiro atoms. The first kappa shape index (κ1) is 9.15. The summed E-state index contributed by atoms with van der Waals surface area (Å²) in [7, 11) is 0. The van der Waals surface area contributed by atoms with Gasteiger partial charge in [0, 0.05) is 13.0 Å². The molecule has 0 bridgehead atoms. The topological polar surface area (TPSA) is 76.8 Å². The van der Waals surface area contributed by atoms with E-state index in [4.69, 9.17) is 10.5 Å². The summed E-state index contributed by atoms with van der Waals surface area (Å²) in [6.45, 7) is 3.70. The molecule has 0 aliphatic carbocycles. The highest BCUT2D eigenvalue weighted by Gasteiger charge is 2.00. The average molecular weight is 170 g/mol. The summed E-state index contributed by atoms with van der Waals surface area (Å²) < 4.78 is 5.15. The standard InChI is InChI=1S/C7H14N4O/c1-2-12-5-7-9-6(3-4-8)10-11-7/h2-5,8H2,1H3,(H,9,10,11). The summed E-state index contributed by atoms with van der Waals surface area (Å²) in [6.07, 6.45) is 0.711. The van der Waals surface area contributed by atoms with E-state index in [0.29, 0.717) is 26.2 Å². The summed E-state index contributed by atoms with van der Waals surface area (Å²) in [5.74, 6) is 1.52. The number of nitrogens with zero attached hydrogens (tertiary/aromatic N) is 2. The van der Waals surface area contributed by atoms with Gasteiger partial charge in [-0.05, 0) is 13.5 Å². The molecule has 68 valence electrons. The third-order valence-electron chi connectivity index (χ3n) is 1.39. The first-order valence-electron chi connectivity index (χ1n) is 4.04. The van der Waals surface area contributed by atoms with E-state index in [1.807, 2.05) is 6.92 Å². The second-order valence-electron chi connectivity index (χ2n) is 2.37. The Bertz CT molecular complexity index is 223. The third-order valence-corrected chi connectivity index (χ3v) is 1.39. The van der Waals surface area contributed by atoms with Crippen molar-refractivity contribution < 1.29 is 4.74 Å². The summed E-state index contributed by atoms with van der Waals surface area (Å²) in [4.78, 5) is 4.17. The highest BCUT2D eigenvalue weighted by Crippen LogP contribution is 1.94. The molecule has 5 nitrogen and oxygen atoms in total. The van der Waals surface area contributed by atoms with Gasteiger partial charge in [0.25, 0.3) is 0 Å². The first-order valence-corrected chi connectivity index (χ1v) is 4.04. The molecule has 5 heteroatoms. The molecule has 1 heterocycles. The minimum Gasteiger partial charge on any atom is -0.374 e. The largest absolute Gasteiger partial charge is 0.374 e. The smallest absolute Gasteiger partial charge is 0.152 e.